The van der Waals surface area contributed by atoms with Gasteiger partial charge in [0.25, 0.3) is 0 Å². The van der Waals surface area contributed by atoms with E-state index >= 15 is 0 Å². The Labute approximate surface area is 100 Å². The van der Waals surface area contributed by atoms with E-state index in [0.29, 0.717) is 12.6 Å². The lowest BCUT2D eigenvalue weighted by Gasteiger charge is -2.24. The molecule has 2 aromatic heterocycles. The Kier molecular flexibility index (Phi) is 2.48. The molecule has 0 amide bonds. The molecule has 3 heterocycles. The van der Waals surface area contributed by atoms with Crippen LogP contribution in [0.2, 0.25) is 0 Å². The zero-order chi connectivity index (χ0) is 11.8. The number of rotatable bonds is 2. The minimum Gasteiger partial charge on any atom is -0.351 e. The first kappa shape index (κ1) is 10.5. The molecule has 1 saturated heterocycles. The van der Waals surface area contributed by atoms with Gasteiger partial charge in [-0.2, -0.15) is 5.10 Å². The van der Waals surface area contributed by atoms with Gasteiger partial charge in [0.05, 0.1) is 5.69 Å². The molecule has 0 aromatic carbocycles. The van der Waals surface area contributed by atoms with Crippen molar-refractivity contribution in [1.29, 1.82) is 0 Å². The highest BCUT2D eigenvalue weighted by Crippen LogP contribution is 2.27. The molecule has 2 aromatic rings. The SMILES string of the molecule is Cc1cc2c(N3CCCC3CN)nccn2n1. The van der Waals surface area contributed by atoms with E-state index in [4.69, 9.17) is 5.73 Å². The van der Waals surface area contributed by atoms with Crippen LogP contribution >= 0.6 is 0 Å². The van der Waals surface area contributed by atoms with E-state index in [1.807, 2.05) is 17.6 Å². The summed E-state index contributed by atoms with van der Waals surface area (Å²) in [5, 5.41) is 4.41. The van der Waals surface area contributed by atoms with Crippen LogP contribution in [0, 0.1) is 6.92 Å². The maximum atomic E-state index is 5.82. The van der Waals surface area contributed by atoms with Crippen LogP contribution in [-0.4, -0.2) is 33.7 Å². The van der Waals surface area contributed by atoms with Gasteiger partial charge >= 0.3 is 0 Å². The minimum atomic E-state index is 0.420. The van der Waals surface area contributed by atoms with E-state index in [2.05, 4.69) is 21.0 Å². The zero-order valence-corrected chi connectivity index (χ0v) is 10.0. The van der Waals surface area contributed by atoms with Crippen LogP contribution in [-0.2, 0) is 0 Å². The van der Waals surface area contributed by atoms with E-state index < -0.39 is 0 Å². The third-order valence-electron chi connectivity index (χ3n) is 3.41. The van der Waals surface area contributed by atoms with Crippen LogP contribution in [0.5, 0.6) is 0 Å². The Morgan fingerprint density at radius 3 is 3.24 bits per heavy atom. The number of hydrogen-bond donors (Lipinski definition) is 1. The van der Waals surface area contributed by atoms with Crippen molar-refractivity contribution in [2.45, 2.75) is 25.8 Å². The normalized spacial score (nSPS) is 20.4. The summed E-state index contributed by atoms with van der Waals surface area (Å²) >= 11 is 0. The summed E-state index contributed by atoms with van der Waals surface area (Å²) in [6.45, 7) is 3.73. The Morgan fingerprint density at radius 1 is 1.53 bits per heavy atom. The molecule has 2 N–H and O–H groups in total. The van der Waals surface area contributed by atoms with Gasteiger partial charge in [-0.1, -0.05) is 0 Å². The molecule has 1 atom stereocenters. The molecule has 1 fully saturated rings. The van der Waals surface area contributed by atoms with Gasteiger partial charge in [-0.25, -0.2) is 9.50 Å². The van der Waals surface area contributed by atoms with Crippen LogP contribution in [0.3, 0.4) is 0 Å². The second kappa shape index (κ2) is 4.00. The molecule has 90 valence electrons. The van der Waals surface area contributed by atoms with Crippen molar-refractivity contribution < 1.29 is 0 Å². The van der Waals surface area contributed by atoms with Crippen LogP contribution in [0.25, 0.3) is 5.52 Å². The molecule has 0 bridgehead atoms. The van der Waals surface area contributed by atoms with Crippen LogP contribution < -0.4 is 10.6 Å². The number of aromatic nitrogens is 3. The number of anilines is 1. The molecule has 3 rings (SSSR count). The second-order valence-corrected chi connectivity index (χ2v) is 4.59. The van der Waals surface area contributed by atoms with Crippen LogP contribution in [0.4, 0.5) is 5.82 Å². The third kappa shape index (κ3) is 1.67. The van der Waals surface area contributed by atoms with E-state index in [-0.39, 0.29) is 0 Å². The lowest BCUT2D eigenvalue weighted by Crippen LogP contribution is -2.36. The van der Waals surface area contributed by atoms with E-state index in [9.17, 15) is 0 Å². The molecule has 0 spiro atoms. The fourth-order valence-corrected chi connectivity index (χ4v) is 2.61. The standard InChI is InChI=1S/C12H17N5/c1-9-7-11-12(14-4-6-17(11)15-9)16-5-2-3-10(16)8-13/h4,6-7,10H,2-3,5,8,13H2,1H3. The molecule has 5 heteroatoms. The number of hydrogen-bond acceptors (Lipinski definition) is 4. The highest BCUT2D eigenvalue weighted by molar-refractivity contribution is 5.69. The van der Waals surface area contributed by atoms with Crippen molar-refractivity contribution in [3.63, 3.8) is 0 Å². The maximum absolute atomic E-state index is 5.82. The first-order valence-corrected chi connectivity index (χ1v) is 6.07. The van der Waals surface area contributed by atoms with Crippen molar-refractivity contribution in [1.82, 2.24) is 14.6 Å². The molecule has 0 saturated carbocycles. The Bertz CT molecular complexity index is 533. The van der Waals surface area contributed by atoms with Crippen molar-refractivity contribution in [3.05, 3.63) is 24.2 Å². The van der Waals surface area contributed by atoms with E-state index in [1.165, 1.54) is 6.42 Å². The van der Waals surface area contributed by atoms with Crippen molar-refractivity contribution >= 4 is 11.3 Å². The monoisotopic (exact) mass is 231 g/mol. The molecule has 1 unspecified atom stereocenters. The maximum Gasteiger partial charge on any atom is 0.154 e. The van der Waals surface area contributed by atoms with Gasteiger partial charge < -0.3 is 10.6 Å². The smallest absolute Gasteiger partial charge is 0.154 e. The number of fused-ring (bicyclic) bond motifs is 1. The molecule has 0 radical (unpaired) electrons. The molecular formula is C12H17N5. The predicted molar refractivity (Wildman–Crippen MR) is 67.1 cm³/mol. The zero-order valence-electron chi connectivity index (χ0n) is 10.0. The summed E-state index contributed by atoms with van der Waals surface area (Å²) in [4.78, 5) is 6.83. The highest BCUT2D eigenvalue weighted by Gasteiger charge is 2.26. The highest BCUT2D eigenvalue weighted by atomic mass is 15.3. The number of nitrogens with two attached hydrogens (primary N) is 1. The van der Waals surface area contributed by atoms with Gasteiger partial charge in [0.1, 0.15) is 5.52 Å². The van der Waals surface area contributed by atoms with Crippen LogP contribution in [0.1, 0.15) is 18.5 Å². The fourth-order valence-electron chi connectivity index (χ4n) is 2.61. The molecule has 0 aliphatic carbocycles. The summed E-state index contributed by atoms with van der Waals surface area (Å²) in [5.74, 6) is 1.01. The average molecular weight is 231 g/mol. The third-order valence-corrected chi connectivity index (χ3v) is 3.41. The van der Waals surface area contributed by atoms with E-state index in [0.717, 1.165) is 30.0 Å². The topological polar surface area (TPSA) is 59.5 Å². The molecule has 1 aliphatic rings. The van der Waals surface area contributed by atoms with Gasteiger partial charge in [-0.15, -0.1) is 0 Å². The lowest BCUT2D eigenvalue weighted by molar-refractivity contribution is 0.671. The molecule has 5 nitrogen and oxygen atoms in total. The summed E-state index contributed by atoms with van der Waals surface area (Å²) in [6, 6.07) is 2.50. The van der Waals surface area contributed by atoms with Gasteiger partial charge in [-0.3, -0.25) is 0 Å². The van der Waals surface area contributed by atoms with Gasteiger partial charge in [0, 0.05) is 31.5 Å². The second-order valence-electron chi connectivity index (χ2n) is 4.59. The largest absolute Gasteiger partial charge is 0.351 e. The lowest BCUT2D eigenvalue weighted by atomic mass is 10.2. The van der Waals surface area contributed by atoms with Crippen LogP contribution in [0.15, 0.2) is 18.5 Å². The first-order valence-electron chi connectivity index (χ1n) is 6.07. The van der Waals surface area contributed by atoms with Crippen molar-refractivity contribution in [2.24, 2.45) is 5.73 Å². The van der Waals surface area contributed by atoms with Gasteiger partial charge in [-0.05, 0) is 25.8 Å². The summed E-state index contributed by atoms with van der Waals surface area (Å²) in [5.41, 5.74) is 7.91. The van der Waals surface area contributed by atoms with Crippen molar-refractivity contribution in [2.75, 3.05) is 18.0 Å². The number of aryl methyl sites for hydroxylation is 1. The van der Waals surface area contributed by atoms with E-state index in [1.54, 1.807) is 6.20 Å². The Hall–Kier alpha value is -1.62. The molecular weight excluding hydrogens is 214 g/mol. The first-order chi connectivity index (χ1) is 8.29. The number of nitrogens with zero attached hydrogens (tertiary/aromatic N) is 4. The van der Waals surface area contributed by atoms with Crippen molar-refractivity contribution in [3.8, 4) is 0 Å². The van der Waals surface area contributed by atoms with Gasteiger partial charge in [0.15, 0.2) is 5.82 Å². The summed E-state index contributed by atoms with van der Waals surface area (Å²) in [7, 11) is 0. The fraction of sp³-hybridized carbons (Fsp3) is 0.500. The predicted octanol–water partition coefficient (Wildman–Crippen LogP) is 0.965. The quantitative estimate of drug-likeness (QED) is 0.836. The van der Waals surface area contributed by atoms with Gasteiger partial charge in [0.2, 0.25) is 0 Å². The average Bonchev–Trinajstić information content (AvgIpc) is 2.92. The minimum absolute atomic E-state index is 0.420. The molecule has 17 heavy (non-hydrogen) atoms. The molecule has 1 aliphatic heterocycles. The summed E-state index contributed by atoms with van der Waals surface area (Å²) < 4.78 is 1.89. The Balaban J connectivity index is 2.10. The summed E-state index contributed by atoms with van der Waals surface area (Å²) in [6.07, 6.45) is 6.05. The Morgan fingerprint density at radius 2 is 2.41 bits per heavy atom.